The van der Waals surface area contributed by atoms with Crippen LogP contribution in [0.1, 0.15) is 30.1 Å². The minimum atomic E-state index is 0.0699. The van der Waals surface area contributed by atoms with Crippen molar-refractivity contribution in [3.63, 3.8) is 0 Å². The molecular weight excluding hydrogens is 268 g/mol. The molecule has 2 rings (SSSR count). The van der Waals surface area contributed by atoms with E-state index in [2.05, 4.69) is 24.2 Å². The molecule has 1 amide bonds. The highest BCUT2D eigenvalue weighted by Crippen LogP contribution is 2.22. The zero-order chi connectivity index (χ0) is 14.4. The van der Waals surface area contributed by atoms with Crippen LogP contribution in [0.3, 0.4) is 0 Å². The Morgan fingerprint density at radius 2 is 2.05 bits per heavy atom. The highest BCUT2D eigenvalue weighted by atomic mass is 32.2. The van der Waals surface area contributed by atoms with Crippen molar-refractivity contribution in [3.8, 4) is 0 Å². The molecule has 3 nitrogen and oxygen atoms in total. The average Bonchev–Trinajstić information content (AvgIpc) is 2.47. The summed E-state index contributed by atoms with van der Waals surface area (Å²) in [7, 11) is 2.16. The van der Waals surface area contributed by atoms with Gasteiger partial charge in [-0.15, -0.1) is 11.8 Å². The quantitative estimate of drug-likeness (QED) is 0.847. The van der Waals surface area contributed by atoms with Crippen LogP contribution in [0.25, 0.3) is 0 Å². The Hall–Kier alpha value is -1.00. The second-order valence-electron chi connectivity index (χ2n) is 5.39. The first-order chi connectivity index (χ1) is 9.70. The van der Waals surface area contributed by atoms with Crippen LogP contribution < -0.4 is 5.32 Å². The molecule has 1 aliphatic rings. The van der Waals surface area contributed by atoms with E-state index in [-0.39, 0.29) is 5.91 Å². The first kappa shape index (κ1) is 15.4. The maximum Gasteiger partial charge on any atom is 0.252 e. The minimum absolute atomic E-state index is 0.0699. The third kappa shape index (κ3) is 4.25. The Morgan fingerprint density at radius 1 is 1.35 bits per heavy atom. The van der Waals surface area contributed by atoms with E-state index in [1.165, 1.54) is 12.8 Å². The topological polar surface area (TPSA) is 32.3 Å². The molecule has 1 N–H and O–H groups in total. The van der Waals surface area contributed by atoms with Gasteiger partial charge in [0.2, 0.25) is 0 Å². The molecule has 110 valence electrons. The number of nitrogens with zero attached hydrogens (tertiary/aromatic N) is 1. The highest BCUT2D eigenvalue weighted by molar-refractivity contribution is 7.99. The smallest absolute Gasteiger partial charge is 0.252 e. The molecule has 20 heavy (non-hydrogen) atoms. The van der Waals surface area contributed by atoms with Gasteiger partial charge in [0, 0.05) is 11.4 Å². The fourth-order valence-corrected chi connectivity index (χ4v) is 3.34. The van der Waals surface area contributed by atoms with Crippen molar-refractivity contribution >= 4 is 17.7 Å². The largest absolute Gasteiger partial charge is 0.352 e. The zero-order valence-electron chi connectivity index (χ0n) is 12.4. The van der Waals surface area contributed by atoms with Gasteiger partial charge in [0.1, 0.15) is 0 Å². The second-order valence-corrected chi connectivity index (χ2v) is 6.69. The van der Waals surface area contributed by atoms with Gasteiger partial charge < -0.3 is 10.2 Å². The van der Waals surface area contributed by atoms with Crippen LogP contribution in [0.4, 0.5) is 0 Å². The third-order valence-corrected chi connectivity index (χ3v) is 4.78. The number of piperidine rings is 1. The Balaban J connectivity index is 1.88. The van der Waals surface area contributed by atoms with Crippen molar-refractivity contribution < 1.29 is 4.79 Å². The van der Waals surface area contributed by atoms with Crippen LogP contribution in [0.15, 0.2) is 29.2 Å². The number of hydrogen-bond acceptors (Lipinski definition) is 3. The standard InChI is InChI=1S/C16H24N2OS/c1-3-20-15-7-5-4-6-14(15)16(19)17-12-13-8-10-18(2)11-9-13/h4-7,13H,3,8-12H2,1-2H3,(H,17,19). The minimum Gasteiger partial charge on any atom is -0.352 e. The fraction of sp³-hybridized carbons (Fsp3) is 0.562. The van der Waals surface area contributed by atoms with Crippen molar-refractivity contribution in [2.45, 2.75) is 24.7 Å². The third-order valence-electron chi connectivity index (χ3n) is 3.82. The lowest BCUT2D eigenvalue weighted by atomic mass is 9.97. The first-order valence-corrected chi connectivity index (χ1v) is 8.37. The number of carbonyl (C=O) groups excluding carboxylic acids is 1. The number of carbonyl (C=O) groups is 1. The molecule has 0 bridgehead atoms. The molecule has 0 aliphatic carbocycles. The monoisotopic (exact) mass is 292 g/mol. The van der Waals surface area contributed by atoms with Gasteiger partial charge in [-0.1, -0.05) is 19.1 Å². The lowest BCUT2D eigenvalue weighted by Gasteiger charge is -2.29. The summed E-state index contributed by atoms with van der Waals surface area (Å²) in [6.45, 7) is 5.20. The lowest BCUT2D eigenvalue weighted by Crippen LogP contribution is -2.37. The zero-order valence-corrected chi connectivity index (χ0v) is 13.2. The van der Waals surface area contributed by atoms with Gasteiger partial charge in [-0.25, -0.2) is 0 Å². The lowest BCUT2D eigenvalue weighted by molar-refractivity contribution is 0.0936. The summed E-state index contributed by atoms with van der Waals surface area (Å²) in [4.78, 5) is 15.7. The van der Waals surface area contributed by atoms with Gasteiger partial charge in [0.15, 0.2) is 0 Å². The molecule has 1 saturated heterocycles. The Labute approximate surface area is 126 Å². The van der Waals surface area contributed by atoms with Crippen molar-refractivity contribution in [3.05, 3.63) is 29.8 Å². The van der Waals surface area contributed by atoms with E-state index in [0.717, 1.165) is 35.8 Å². The number of likely N-dealkylation sites (tertiary alicyclic amines) is 1. The first-order valence-electron chi connectivity index (χ1n) is 7.39. The molecule has 0 aromatic heterocycles. The van der Waals surface area contributed by atoms with E-state index in [1.807, 2.05) is 24.3 Å². The molecule has 0 spiro atoms. The summed E-state index contributed by atoms with van der Waals surface area (Å²) in [6.07, 6.45) is 2.37. The number of benzene rings is 1. The van der Waals surface area contributed by atoms with E-state index in [9.17, 15) is 4.79 Å². The molecule has 1 aromatic rings. The normalized spacial score (nSPS) is 17.1. The molecule has 0 atom stereocenters. The van der Waals surface area contributed by atoms with E-state index >= 15 is 0 Å². The molecular formula is C16H24N2OS. The van der Waals surface area contributed by atoms with Gasteiger partial charge in [0.25, 0.3) is 5.91 Å². The van der Waals surface area contributed by atoms with Crippen molar-refractivity contribution in [1.29, 1.82) is 0 Å². The number of hydrogen-bond donors (Lipinski definition) is 1. The summed E-state index contributed by atoms with van der Waals surface area (Å²) < 4.78 is 0. The maximum atomic E-state index is 12.3. The summed E-state index contributed by atoms with van der Waals surface area (Å²) in [5.74, 6) is 1.68. The van der Waals surface area contributed by atoms with E-state index in [0.29, 0.717) is 5.92 Å². The average molecular weight is 292 g/mol. The van der Waals surface area contributed by atoms with E-state index < -0.39 is 0 Å². The summed E-state index contributed by atoms with van der Waals surface area (Å²) >= 11 is 1.72. The SMILES string of the molecule is CCSc1ccccc1C(=O)NCC1CCN(C)CC1. The molecule has 1 aliphatic heterocycles. The van der Waals surface area contributed by atoms with E-state index in [1.54, 1.807) is 11.8 Å². The van der Waals surface area contributed by atoms with Gasteiger partial charge in [-0.2, -0.15) is 0 Å². The molecule has 4 heteroatoms. The van der Waals surface area contributed by atoms with Crippen molar-refractivity contribution in [1.82, 2.24) is 10.2 Å². The van der Waals surface area contributed by atoms with Crippen LogP contribution >= 0.6 is 11.8 Å². The van der Waals surface area contributed by atoms with Gasteiger partial charge in [0.05, 0.1) is 5.56 Å². The van der Waals surface area contributed by atoms with Crippen LogP contribution in [-0.4, -0.2) is 43.2 Å². The number of amides is 1. The Bertz CT molecular complexity index is 442. The number of rotatable bonds is 5. The van der Waals surface area contributed by atoms with Crippen LogP contribution in [0.2, 0.25) is 0 Å². The predicted molar refractivity (Wildman–Crippen MR) is 85.4 cm³/mol. The molecule has 1 fully saturated rings. The molecule has 0 radical (unpaired) electrons. The van der Waals surface area contributed by atoms with Crippen LogP contribution in [0, 0.1) is 5.92 Å². The van der Waals surface area contributed by atoms with Crippen LogP contribution in [0.5, 0.6) is 0 Å². The van der Waals surface area contributed by atoms with E-state index in [4.69, 9.17) is 0 Å². The summed E-state index contributed by atoms with van der Waals surface area (Å²) in [6, 6.07) is 7.87. The molecule has 0 saturated carbocycles. The fourth-order valence-electron chi connectivity index (χ4n) is 2.53. The van der Waals surface area contributed by atoms with Crippen molar-refractivity contribution in [2.75, 3.05) is 32.4 Å². The number of thioether (sulfide) groups is 1. The number of nitrogens with one attached hydrogen (secondary N) is 1. The molecule has 1 aromatic carbocycles. The Kier molecular flexibility index (Phi) is 5.92. The second kappa shape index (κ2) is 7.70. The Morgan fingerprint density at radius 3 is 2.75 bits per heavy atom. The van der Waals surface area contributed by atoms with Gasteiger partial charge in [-0.05, 0) is 56.8 Å². The summed E-state index contributed by atoms with van der Waals surface area (Å²) in [5.41, 5.74) is 0.812. The summed E-state index contributed by atoms with van der Waals surface area (Å²) in [5, 5.41) is 3.11. The highest BCUT2D eigenvalue weighted by Gasteiger charge is 2.18. The predicted octanol–water partition coefficient (Wildman–Crippen LogP) is 2.87. The molecule has 0 unspecified atom stereocenters. The molecule has 1 heterocycles. The maximum absolute atomic E-state index is 12.3. The van der Waals surface area contributed by atoms with Crippen LogP contribution in [-0.2, 0) is 0 Å². The van der Waals surface area contributed by atoms with Crippen molar-refractivity contribution in [2.24, 2.45) is 5.92 Å². The van der Waals surface area contributed by atoms with Gasteiger partial charge >= 0.3 is 0 Å². The van der Waals surface area contributed by atoms with Gasteiger partial charge in [-0.3, -0.25) is 4.79 Å².